The van der Waals surface area contributed by atoms with Crippen LogP contribution in [0.5, 0.6) is 0 Å². The van der Waals surface area contributed by atoms with Gasteiger partial charge in [0.25, 0.3) is 0 Å². The van der Waals surface area contributed by atoms with E-state index in [2.05, 4.69) is 18.8 Å². The quantitative estimate of drug-likeness (QED) is 0.561. The molecule has 0 aromatic heterocycles. The highest BCUT2D eigenvalue weighted by Crippen LogP contribution is 2.13. The number of nitrogens with one attached hydrogen (secondary N) is 1. The molecule has 1 nitrogen and oxygen atoms in total. The Bertz CT molecular complexity index is 145. The lowest BCUT2D eigenvalue weighted by atomic mass is 10.1. The van der Waals surface area contributed by atoms with Gasteiger partial charge in [-0.1, -0.05) is 12.7 Å². The van der Waals surface area contributed by atoms with Gasteiger partial charge in [0.1, 0.15) is 0 Å². The summed E-state index contributed by atoms with van der Waals surface area (Å²) in [4.78, 5) is 0. The zero-order valence-electron chi connectivity index (χ0n) is 5.91. The van der Waals surface area contributed by atoms with Gasteiger partial charge in [-0.05, 0) is 25.3 Å². The molecule has 0 aromatic carbocycles. The average molecular weight is 123 g/mol. The molecule has 0 amide bonds. The number of rotatable bonds is 1. The molecule has 1 heterocycles. The Morgan fingerprint density at radius 2 is 2.44 bits per heavy atom. The zero-order chi connectivity index (χ0) is 6.69. The molecule has 0 aliphatic carbocycles. The first-order chi connectivity index (χ1) is 4.34. The fraction of sp³-hybridized carbons (Fsp3) is 0.500. The van der Waals surface area contributed by atoms with Crippen LogP contribution in [0.3, 0.4) is 0 Å². The largest absolute Gasteiger partial charge is 0.388 e. The molecule has 0 fully saturated rings. The molecule has 9 heavy (non-hydrogen) atoms. The second kappa shape index (κ2) is 2.72. The van der Waals surface area contributed by atoms with Gasteiger partial charge in [-0.25, -0.2) is 0 Å². The third-order valence-corrected chi connectivity index (χ3v) is 1.74. The van der Waals surface area contributed by atoms with Gasteiger partial charge in [-0.3, -0.25) is 0 Å². The van der Waals surface area contributed by atoms with E-state index in [-0.39, 0.29) is 0 Å². The average Bonchev–Trinajstić information content (AvgIpc) is 1.89. The SMILES string of the molecule is C=CC1=C(C)NCCC1. The van der Waals surface area contributed by atoms with Crippen molar-refractivity contribution in [2.45, 2.75) is 19.8 Å². The molecular weight excluding hydrogens is 110 g/mol. The molecule has 0 saturated heterocycles. The Morgan fingerprint density at radius 1 is 1.67 bits per heavy atom. The van der Waals surface area contributed by atoms with Gasteiger partial charge in [0.15, 0.2) is 0 Å². The molecule has 0 saturated carbocycles. The smallest absolute Gasteiger partial charge is 0.0147 e. The summed E-state index contributed by atoms with van der Waals surface area (Å²) in [6.45, 7) is 6.97. The van der Waals surface area contributed by atoms with Crippen LogP contribution in [0.25, 0.3) is 0 Å². The first kappa shape index (κ1) is 6.40. The molecular formula is C8H13N. The molecule has 50 valence electrons. The van der Waals surface area contributed by atoms with Crippen molar-refractivity contribution in [3.63, 3.8) is 0 Å². The van der Waals surface area contributed by atoms with Gasteiger partial charge in [0.05, 0.1) is 0 Å². The van der Waals surface area contributed by atoms with Gasteiger partial charge in [0, 0.05) is 12.2 Å². The highest BCUT2D eigenvalue weighted by atomic mass is 14.9. The van der Waals surface area contributed by atoms with E-state index in [0.29, 0.717) is 0 Å². The Hall–Kier alpha value is -0.720. The van der Waals surface area contributed by atoms with Crippen molar-refractivity contribution in [1.29, 1.82) is 0 Å². The number of allylic oxidation sites excluding steroid dienone is 3. The molecule has 1 rings (SSSR count). The lowest BCUT2D eigenvalue weighted by Crippen LogP contribution is -2.18. The maximum absolute atomic E-state index is 3.74. The molecule has 1 aliphatic rings. The highest BCUT2D eigenvalue weighted by molar-refractivity contribution is 5.23. The van der Waals surface area contributed by atoms with E-state index in [0.717, 1.165) is 6.54 Å². The van der Waals surface area contributed by atoms with Crippen LogP contribution < -0.4 is 5.32 Å². The zero-order valence-corrected chi connectivity index (χ0v) is 5.91. The van der Waals surface area contributed by atoms with Crippen molar-refractivity contribution in [3.8, 4) is 0 Å². The van der Waals surface area contributed by atoms with Gasteiger partial charge >= 0.3 is 0 Å². The molecule has 0 atom stereocenters. The fourth-order valence-corrected chi connectivity index (χ4v) is 1.11. The fourth-order valence-electron chi connectivity index (χ4n) is 1.11. The molecule has 1 N–H and O–H groups in total. The van der Waals surface area contributed by atoms with Crippen LogP contribution in [-0.2, 0) is 0 Å². The molecule has 0 spiro atoms. The van der Waals surface area contributed by atoms with Gasteiger partial charge < -0.3 is 5.32 Å². The third kappa shape index (κ3) is 1.35. The Labute approximate surface area is 56.5 Å². The molecule has 0 aromatic rings. The summed E-state index contributed by atoms with van der Waals surface area (Å²) in [5, 5.41) is 3.29. The van der Waals surface area contributed by atoms with E-state index in [4.69, 9.17) is 0 Å². The molecule has 0 bridgehead atoms. The minimum absolute atomic E-state index is 1.13. The van der Waals surface area contributed by atoms with Crippen LogP contribution in [0.4, 0.5) is 0 Å². The van der Waals surface area contributed by atoms with Crippen LogP contribution in [-0.4, -0.2) is 6.54 Å². The summed E-state index contributed by atoms with van der Waals surface area (Å²) in [6.07, 6.45) is 4.39. The lowest BCUT2D eigenvalue weighted by molar-refractivity contribution is 0.672. The molecule has 0 unspecified atom stereocenters. The first-order valence-electron chi connectivity index (χ1n) is 3.40. The second-order valence-electron chi connectivity index (χ2n) is 2.38. The molecule has 1 heteroatoms. The minimum atomic E-state index is 1.13. The van der Waals surface area contributed by atoms with Crippen LogP contribution >= 0.6 is 0 Å². The van der Waals surface area contributed by atoms with Crippen molar-refractivity contribution in [2.24, 2.45) is 0 Å². The van der Waals surface area contributed by atoms with Crippen molar-refractivity contribution in [2.75, 3.05) is 6.54 Å². The van der Waals surface area contributed by atoms with Crippen molar-refractivity contribution < 1.29 is 0 Å². The van der Waals surface area contributed by atoms with Crippen LogP contribution in [0, 0.1) is 0 Å². The lowest BCUT2D eigenvalue weighted by Gasteiger charge is -2.16. The van der Waals surface area contributed by atoms with Crippen LogP contribution in [0.2, 0.25) is 0 Å². The monoisotopic (exact) mass is 123 g/mol. The van der Waals surface area contributed by atoms with E-state index in [9.17, 15) is 0 Å². The number of hydrogen-bond acceptors (Lipinski definition) is 1. The Kier molecular flexibility index (Phi) is 1.93. The maximum Gasteiger partial charge on any atom is 0.0147 e. The summed E-state index contributed by atoms with van der Waals surface area (Å²) in [5.74, 6) is 0. The molecule has 1 aliphatic heterocycles. The predicted octanol–water partition coefficient (Wildman–Crippen LogP) is 1.83. The minimum Gasteiger partial charge on any atom is -0.388 e. The summed E-state index contributed by atoms with van der Waals surface area (Å²) in [6, 6.07) is 0. The van der Waals surface area contributed by atoms with Gasteiger partial charge in [-0.2, -0.15) is 0 Å². The van der Waals surface area contributed by atoms with E-state index in [1.54, 1.807) is 0 Å². The summed E-state index contributed by atoms with van der Waals surface area (Å²) >= 11 is 0. The van der Waals surface area contributed by atoms with Gasteiger partial charge in [0.2, 0.25) is 0 Å². The maximum atomic E-state index is 3.74. The van der Waals surface area contributed by atoms with Crippen LogP contribution in [0.1, 0.15) is 19.8 Å². The summed E-state index contributed by atoms with van der Waals surface area (Å²) in [5.41, 5.74) is 2.68. The van der Waals surface area contributed by atoms with Crippen LogP contribution in [0.15, 0.2) is 23.9 Å². The highest BCUT2D eigenvalue weighted by Gasteiger charge is 2.03. The summed E-state index contributed by atoms with van der Waals surface area (Å²) < 4.78 is 0. The third-order valence-electron chi connectivity index (χ3n) is 1.74. The van der Waals surface area contributed by atoms with Crippen molar-refractivity contribution >= 4 is 0 Å². The second-order valence-corrected chi connectivity index (χ2v) is 2.38. The van der Waals surface area contributed by atoms with E-state index in [1.807, 2.05) is 6.08 Å². The van der Waals surface area contributed by atoms with E-state index >= 15 is 0 Å². The van der Waals surface area contributed by atoms with Gasteiger partial charge in [-0.15, -0.1) is 0 Å². The standard InChI is InChI=1S/C8H13N/c1-3-8-5-4-6-9-7(8)2/h3,9H,1,4-6H2,2H3. The summed E-state index contributed by atoms with van der Waals surface area (Å²) in [7, 11) is 0. The Balaban J connectivity index is 2.70. The van der Waals surface area contributed by atoms with E-state index in [1.165, 1.54) is 24.1 Å². The predicted molar refractivity (Wildman–Crippen MR) is 40.1 cm³/mol. The molecule has 0 radical (unpaired) electrons. The first-order valence-corrected chi connectivity index (χ1v) is 3.40. The Morgan fingerprint density at radius 3 is 2.89 bits per heavy atom. The topological polar surface area (TPSA) is 12.0 Å². The van der Waals surface area contributed by atoms with E-state index < -0.39 is 0 Å². The van der Waals surface area contributed by atoms with Crippen molar-refractivity contribution in [3.05, 3.63) is 23.9 Å². The normalized spacial score (nSPS) is 19.2. The van der Waals surface area contributed by atoms with Crippen molar-refractivity contribution in [1.82, 2.24) is 5.32 Å². The number of hydrogen-bond donors (Lipinski definition) is 1.